The number of rotatable bonds is 3. The third kappa shape index (κ3) is 3.84. The van der Waals surface area contributed by atoms with E-state index in [9.17, 15) is 4.39 Å². The maximum atomic E-state index is 13.1. The lowest BCUT2D eigenvalue weighted by atomic mass is 10.1. The lowest BCUT2D eigenvalue weighted by molar-refractivity contribution is 0.464. The van der Waals surface area contributed by atoms with Gasteiger partial charge in [-0.25, -0.2) is 4.39 Å². The van der Waals surface area contributed by atoms with Gasteiger partial charge in [-0.15, -0.1) is 11.6 Å². The third-order valence-corrected chi connectivity index (χ3v) is 4.39. The molecule has 1 aliphatic rings. The Balaban J connectivity index is 1.95. The molecule has 1 nitrogen and oxygen atoms in total. The molecule has 2 atom stereocenters. The van der Waals surface area contributed by atoms with Gasteiger partial charge in [0.1, 0.15) is 5.82 Å². The van der Waals surface area contributed by atoms with Gasteiger partial charge in [0.2, 0.25) is 0 Å². The monoisotopic (exact) mass is 289 g/mol. The molecule has 2 rings (SSSR count). The SMILES string of the molecule is Fc1ccc(Cl)c(CNC2CCCCCC2Cl)c1. The second-order valence-corrected chi connectivity index (χ2v) is 5.84. The van der Waals surface area contributed by atoms with E-state index in [1.165, 1.54) is 31.4 Å². The molecule has 1 N–H and O–H groups in total. The Morgan fingerprint density at radius 2 is 2.00 bits per heavy atom. The number of halogens is 3. The Labute approximate surface area is 118 Å². The van der Waals surface area contributed by atoms with Crippen molar-refractivity contribution in [2.24, 2.45) is 0 Å². The summed E-state index contributed by atoms with van der Waals surface area (Å²) in [7, 11) is 0. The Morgan fingerprint density at radius 3 is 2.83 bits per heavy atom. The summed E-state index contributed by atoms with van der Waals surface area (Å²) in [5.74, 6) is -0.250. The molecule has 1 aromatic rings. The van der Waals surface area contributed by atoms with E-state index < -0.39 is 0 Å². The third-order valence-electron chi connectivity index (χ3n) is 3.49. The van der Waals surface area contributed by atoms with Crippen molar-refractivity contribution >= 4 is 23.2 Å². The summed E-state index contributed by atoms with van der Waals surface area (Å²) in [4.78, 5) is 0. The Bertz CT molecular complexity index is 397. The average molecular weight is 290 g/mol. The number of nitrogens with one attached hydrogen (secondary N) is 1. The van der Waals surface area contributed by atoms with Crippen molar-refractivity contribution < 1.29 is 4.39 Å². The molecular formula is C14H18Cl2FN. The van der Waals surface area contributed by atoms with Crippen LogP contribution >= 0.6 is 23.2 Å². The molecular weight excluding hydrogens is 272 g/mol. The first kappa shape index (κ1) is 14.1. The molecule has 0 aliphatic heterocycles. The number of benzene rings is 1. The summed E-state index contributed by atoms with van der Waals surface area (Å²) in [6, 6.07) is 4.75. The van der Waals surface area contributed by atoms with E-state index in [0.717, 1.165) is 18.4 Å². The predicted octanol–water partition coefficient (Wildman–Crippen LogP) is 4.51. The van der Waals surface area contributed by atoms with Crippen LogP contribution in [0.15, 0.2) is 18.2 Å². The van der Waals surface area contributed by atoms with Crippen molar-refractivity contribution in [1.82, 2.24) is 5.32 Å². The highest BCUT2D eigenvalue weighted by Crippen LogP contribution is 2.23. The zero-order chi connectivity index (χ0) is 13.0. The van der Waals surface area contributed by atoms with Gasteiger partial charge in [0, 0.05) is 23.0 Å². The average Bonchev–Trinajstić information content (AvgIpc) is 2.55. The number of hydrogen-bond donors (Lipinski definition) is 1. The van der Waals surface area contributed by atoms with Crippen LogP contribution in [0.3, 0.4) is 0 Å². The first-order valence-corrected chi connectivity index (χ1v) is 7.29. The van der Waals surface area contributed by atoms with Crippen LogP contribution in [0.2, 0.25) is 5.02 Å². The van der Waals surface area contributed by atoms with Crippen molar-refractivity contribution in [2.45, 2.75) is 50.1 Å². The van der Waals surface area contributed by atoms with Gasteiger partial charge < -0.3 is 5.32 Å². The summed E-state index contributed by atoms with van der Waals surface area (Å²) < 4.78 is 13.1. The van der Waals surface area contributed by atoms with Crippen LogP contribution in [0.1, 0.15) is 37.7 Å². The molecule has 0 amide bonds. The van der Waals surface area contributed by atoms with Gasteiger partial charge in [-0.1, -0.05) is 30.9 Å². The fourth-order valence-corrected chi connectivity index (χ4v) is 2.97. The highest BCUT2D eigenvalue weighted by Gasteiger charge is 2.21. The van der Waals surface area contributed by atoms with E-state index in [0.29, 0.717) is 17.6 Å². The van der Waals surface area contributed by atoms with Crippen LogP contribution in [-0.2, 0) is 6.54 Å². The summed E-state index contributed by atoms with van der Waals surface area (Å²) in [6.07, 6.45) is 5.80. The smallest absolute Gasteiger partial charge is 0.123 e. The van der Waals surface area contributed by atoms with E-state index in [2.05, 4.69) is 5.32 Å². The van der Waals surface area contributed by atoms with Crippen LogP contribution in [0.4, 0.5) is 4.39 Å². The second-order valence-electron chi connectivity index (χ2n) is 4.88. The van der Waals surface area contributed by atoms with Crippen LogP contribution in [0.5, 0.6) is 0 Å². The molecule has 1 fully saturated rings. The Kier molecular flexibility index (Phi) is 5.28. The van der Waals surface area contributed by atoms with Crippen LogP contribution in [0.25, 0.3) is 0 Å². The standard InChI is InChI=1S/C14H18Cl2FN/c15-12-7-6-11(17)8-10(12)9-18-14-5-3-1-2-4-13(14)16/h6-8,13-14,18H,1-5,9H2. The molecule has 1 saturated carbocycles. The minimum absolute atomic E-state index is 0.167. The fourth-order valence-electron chi connectivity index (χ4n) is 2.41. The first-order valence-electron chi connectivity index (χ1n) is 6.48. The molecule has 4 heteroatoms. The van der Waals surface area contributed by atoms with Gasteiger partial charge in [0.15, 0.2) is 0 Å². The lowest BCUT2D eigenvalue weighted by Gasteiger charge is -2.21. The van der Waals surface area contributed by atoms with E-state index in [1.807, 2.05) is 0 Å². The predicted molar refractivity (Wildman–Crippen MR) is 74.8 cm³/mol. The Morgan fingerprint density at radius 1 is 1.22 bits per heavy atom. The van der Waals surface area contributed by atoms with Crippen molar-refractivity contribution in [3.8, 4) is 0 Å². The van der Waals surface area contributed by atoms with E-state index in [-0.39, 0.29) is 11.2 Å². The van der Waals surface area contributed by atoms with Gasteiger partial charge >= 0.3 is 0 Å². The van der Waals surface area contributed by atoms with Crippen molar-refractivity contribution in [3.63, 3.8) is 0 Å². The zero-order valence-electron chi connectivity index (χ0n) is 10.3. The maximum absolute atomic E-state index is 13.1. The van der Waals surface area contributed by atoms with Gasteiger partial charge in [-0.05, 0) is 36.6 Å². The second kappa shape index (κ2) is 6.74. The molecule has 0 spiro atoms. The molecule has 0 saturated heterocycles. The van der Waals surface area contributed by atoms with Crippen LogP contribution in [0, 0.1) is 5.82 Å². The highest BCUT2D eigenvalue weighted by atomic mass is 35.5. The molecule has 1 aliphatic carbocycles. The van der Waals surface area contributed by atoms with Crippen molar-refractivity contribution in [2.75, 3.05) is 0 Å². The fraction of sp³-hybridized carbons (Fsp3) is 0.571. The van der Waals surface area contributed by atoms with Gasteiger partial charge in [0.05, 0.1) is 0 Å². The molecule has 0 aromatic heterocycles. The molecule has 18 heavy (non-hydrogen) atoms. The number of alkyl halides is 1. The maximum Gasteiger partial charge on any atom is 0.123 e. The Hall–Kier alpha value is -0.310. The lowest BCUT2D eigenvalue weighted by Crippen LogP contribution is -2.35. The topological polar surface area (TPSA) is 12.0 Å². The molecule has 100 valence electrons. The largest absolute Gasteiger partial charge is 0.308 e. The minimum atomic E-state index is -0.250. The van der Waals surface area contributed by atoms with E-state index in [4.69, 9.17) is 23.2 Å². The van der Waals surface area contributed by atoms with Crippen molar-refractivity contribution in [3.05, 3.63) is 34.6 Å². The van der Waals surface area contributed by atoms with Gasteiger partial charge in [0.25, 0.3) is 0 Å². The van der Waals surface area contributed by atoms with Gasteiger partial charge in [-0.3, -0.25) is 0 Å². The summed E-state index contributed by atoms with van der Waals surface area (Å²) in [5, 5.41) is 4.18. The summed E-state index contributed by atoms with van der Waals surface area (Å²) >= 11 is 12.4. The molecule has 0 heterocycles. The molecule has 1 aromatic carbocycles. The first-order chi connectivity index (χ1) is 8.66. The molecule has 2 unspecified atom stereocenters. The van der Waals surface area contributed by atoms with Crippen molar-refractivity contribution in [1.29, 1.82) is 0 Å². The normalized spacial score (nSPS) is 24.8. The zero-order valence-corrected chi connectivity index (χ0v) is 11.8. The summed E-state index contributed by atoms with van der Waals surface area (Å²) in [5.41, 5.74) is 0.796. The van der Waals surface area contributed by atoms with E-state index >= 15 is 0 Å². The minimum Gasteiger partial charge on any atom is -0.308 e. The van der Waals surface area contributed by atoms with Crippen LogP contribution in [-0.4, -0.2) is 11.4 Å². The summed E-state index contributed by atoms with van der Waals surface area (Å²) in [6.45, 7) is 0.574. The highest BCUT2D eigenvalue weighted by molar-refractivity contribution is 6.31. The van der Waals surface area contributed by atoms with E-state index in [1.54, 1.807) is 6.07 Å². The molecule has 0 radical (unpaired) electrons. The molecule has 0 bridgehead atoms. The number of hydrogen-bond acceptors (Lipinski definition) is 1. The quantitative estimate of drug-likeness (QED) is 0.638. The van der Waals surface area contributed by atoms with Crippen LogP contribution < -0.4 is 5.32 Å². The van der Waals surface area contributed by atoms with Gasteiger partial charge in [-0.2, -0.15) is 0 Å².